The van der Waals surface area contributed by atoms with E-state index in [1.807, 2.05) is 31.2 Å². The van der Waals surface area contributed by atoms with Crippen molar-refractivity contribution in [1.29, 1.82) is 0 Å². The lowest BCUT2D eigenvalue weighted by Gasteiger charge is -2.07. The van der Waals surface area contributed by atoms with Crippen LogP contribution in [0.25, 0.3) is 22.1 Å². The van der Waals surface area contributed by atoms with Crippen LogP contribution in [0.3, 0.4) is 0 Å². The number of benzene rings is 2. The molecule has 2 aromatic carbocycles. The Morgan fingerprint density at radius 1 is 1.10 bits per heavy atom. The normalized spacial score (nSPS) is 11.3. The lowest BCUT2D eigenvalue weighted by molar-refractivity contribution is 0.322. The average molecular weight is 286 g/mol. The molecule has 5 heteroatoms. The molecule has 0 amide bonds. The molecule has 3 rings (SSSR count). The number of aliphatic hydroxyl groups excluding tert-OH is 1. The number of aliphatic hydroxyl groups is 1. The highest BCUT2D eigenvalue weighted by atomic mass is 32.2. The molecule has 0 aliphatic heterocycles. The van der Waals surface area contributed by atoms with Crippen LogP contribution in [0, 0.1) is 6.92 Å². The van der Waals surface area contributed by atoms with Crippen LogP contribution < -0.4 is 0 Å². The van der Waals surface area contributed by atoms with Crippen LogP contribution in [-0.2, 0) is 0 Å². The largest absolute Gasteiger partial charge is 0.506 e. The number of aromatic nitrogens is 2. The Morgan fingerprint density at radius 2 is 1.90 bits per heavy atom. The average Bonchev–Trinajstić information content (AvgIpc) is 2.44. The molecular weight excluding hydrogens is 272 g/mol. The van der Waals surface area contributed by atoms with E-state index in [1.54, 1.807) is 6.07 Å². The fourth-order valence-corrected chi connectivity index (χ4v) is 2.86. The quantitative estimate of drug-likeness (QED) is 0.572. The van der Waals surface area contributed by atoms with Gasteiger partial charge < -0.3 is 10.2 Å². The van der Waals surface area contributed by atoms with Gasteiger partial charge in [-0.2, -0.15) is 0 Å². The zero-order valence-electron chi connectivity index (χ0n) is 11.0. The summed E-state index contributed by atoms with van der Waals surface area (Å²) in [6.45, 7) is 2.10. The number of aryl methyl sites for hydroxylation is 1. The summed E-state index contributed by atoms with van der Waals surface area (Å²) in [5.74, 6) is 0.712. The van der Waals surface area contributed by atoms with E-state index < -0.39 is 0 Å². The van der Waals surface area contributed by atoms with Gasteiger partial charge in [0.15, 0.2) is 0 Å². The topological polar surface area (TPSA) is 66.2 Å². The van der Waals surface area contributed by atoms with Crippen molar-refractivity contribution in [3.8, 4) is 5.75 Å². The minimum absolute atomic E-state index is 0.103. The van der Waals surface area contributed by atoms with Crippen LogP contribution >= 0.6 is 11.8 Å². The van der Waals surface area contributed by atoms with Gasteiger partial charge in [-0.05, 0) is 30.7 Å². The third-order valence-electron chi connectivity index (χ3n) is 3.08. The second kappa shape index (κ2) is 5.26. The predicted octanol–water partition coefficient (Wildman–Crippen LogP) is 2.88. The lowest BCUT2D eigenvalue weighted by atomic mass is 10.2. The Hall–Kier alpha value is -1.85. The second-order valence-corrected chi connectivity index (χ2v) is 5.72. The summed E-state index contributed by atoms with van der Waals surface area (Å²) in [4.78, 5) is 9.98. The number of phenols is 1. The van der Waals surface area contributed by atoms with Crippen LogP contribution in [0.2, 0.25) is 0 Å². The van der Waals surface area contributed by atoms with Crippen molar-refractivity contribution in [2.75, 3.05) is 12.4 Å². The van der Waals surface area contributed by atoms with Gasteiger partial charge in [-0.1, -0.05) is 12.1 Å². The fraction of sp³-hybridized carbons (Fsp3) is 0.200. The van der Waals surface area contributed by atoms with Gasteiger partial charge in [0.1, 0.15) is 11.3 Å². The van der Waals surface area contributed by atoms with E-state index in [9.17, 15) is 5.11 Å². The summed E-state index contributed by atoms with van der Waals surface area (Å²) < 4.78 is 0. The van der Waals surface area contributed by atoms with Gasteiger partial charge in [0.05, 0.1) is 23.2 Å². The van der Waals surface area contributed by atoms with Crippen LogP contribution in [0.15, 0.2) is 35.2 Å². The van der Waals surface area contributed by atoms with Crippen LogP contribution in [0.4, 0.5) is 0 Å². The monoisotopic (exact) mass is 286 g/mol. The first-order chi connectivity index (χ1) is 9.69. The summed E-state index contributed by atoms with van der Waals surface area (Å²) in [7, 11) is 0. The number of aromatic hydroxyl groups is 1. The van der Waals surface area contributed by atoms with Gasteiger partial charge in [-0.3, -0.25) is 0 Å². The molecule has 0 saturated carbocycles. The number of fused-ring (bicyclic) bond motifs is 2. The van der Waals surface area contributed by atoms with Crippen molar-refractivity contribution in [1.82, 2.24) is 9.97 Å². The van der Waals surface area contributed by atoms with Crippen LogP contribution in [0.5, 0.6) is 5.75 Å². The zero-order valence-corrected chi connectivity index (χ0v) is 11.8. The minimum atomic E-state index is 0.103. The molecular formula is C15H14N2O2S. The molecule has 0 fully saturated rings. The molecule has 0 unspecified atom stereocenters. The number of hydrogen-bond donors (Lipinski definition) is 2. The van der Waals surface area contributed by atoms with Crippen LogP contribution in [0.1, 0.15) is 5.56 Å². The molecule has 1 heterocycles. The molecule has 0 aliphatic rings. The minimum Gasteiger partial charge on any atom is -0.506 e. The Kier molecular flexibility index (Phi) is 3.46. The van der Waals surface area contributed by atoms with Gasteiger partial charge >= 0.3 is 0 Å². The number of hydrogen-bond acceptors (Lipinski definition) is 5. The number of nitrogens with zero attached hydrogens (tertiary/aromatic N) is 2. The Balaban J connectivity index is 2.23. The highest BCUT2D eigenvalue weighted by molar-refractivity contribution is 7.99. The van der Waals surface area contributed by atoms with E-state index in [2.05, 4.69) is 9.97 Å². The first kappa shape index (κ1) is 13.1. The molecule has 0 spiro atoms. The van der Waals surface area contributed by atoms with Crippen molar-refractivity contribution in [3.05, 3.63) is 35.9 Å². The van der Waals surface area contributed by atoms with Crippen molar-refractivity contribution in [3.63, 3.8) is 0 Å². The van der Waals surface area contributed by atoms with Crippen molar-refractivity contribution in [2.45, 2.75) is 11.8 Å². The maximum absolute atomic E-state index is 10.1. The first-order valence-corrected chi connectivity index (χ1v) is 7.31. The Bertz CT molecular complexity index is 790. The molecule has 0 aliphatic carbocycles. The highest BCUT2D eigenvalue weighted by Crippen LogP contribution is 2.30. The van der Waals surface area contributed by atoms with E-state index in [4.69, 9.17) is 5.11 Å². The molecule has 0 radical (unpaired) electrons. The maximum atomic E-state index is 10.1. The molecule has 0 saturated heterocycles. The summed E-state index contributed by atoms with van der Waals surface area (Å²) in [5, 5.41) is 19.0. The smallest absolute Gasteiger partial charge is 0.144 e. The molecule has 4 nitrogen and oxygen atoms in total. The Labute approximate surface area is 120 Å². The van der Waals surface area contributed by atoms with Crippen molar-refractivity contribution >= 4 is 33.8 Å². The van der Waals surface area contributed by atoms with Crippen LogP contribution in [-0.4, -0.2) is 32.5 Å². The summed E-state index contributed by atoms with van der Waals surface area (Å²) in [5.41, 5.74) is 3.88. The highest BCUT2D eigenvalue weighted by Gasteiger charge is 2.09. The predicted molar refractivity (Wildman–Crippen MR) is 81.3 cm³/mol. The molecule has 1 aromatic heterocycles. The number of thioether (sulfide) groups is 1. The van der Waals surface area contributed by atoms with Gasteiger partial charge in [0.2, 0.25) is 0 Å². The Morgan fingerprint density at radius 3 is 2.70 bits per heavy atom. The third-order valence-corrected chi connectivity index (χ3v) is 4.04. The van der Waals surface area contributed by atoms with Gasteiger partial charge in [-0.25, -0.2) is 9.97 Å². The van der Waals surface area contributed by atoms with E-state index in [-0.39, 0.29) is 12.4 Å². The summed E-state index contributed by atoms with van der Waals surface area (Å²) >= 11 is 1.48. The molecule has 0 atom stereocenters. The lowest BCUT2D eigenvalue weighted by Crippen LogP contribution is -1.91. The van der Waals surface area contributed by atoms with E-state index in [0.717, 1.165) is 21.5 Å². The summed E-state index contributed by atoms with van der Waals surface area (Å²) in [6.07, 6.45) is 0. The maximum Gasteiger partial charge on any atom is 0.144 e. The van der Waals surface area contributed by atoms with Gasteiger partial charge in [0.25, 0.3) is 0 Å². The summed E-state index contributed by atoms with van der Waals surface area (Å²) in [6, 6.07) is 9.38. The van der Waals surface area contributed by atoms with Gasteiger partial charge in [-0.15, -0.1) is 11.8 Å². The zero-order chi connectivity index (χ0) is 14.1. The van der Waals surface area contributed by atoms with Gasteiger partial charge in [0, 0.05) is 10.6 Å². The third kappa shape index (κ3) is 2.30. The fourth-order valence-electron chi connectivity index (χ4n) is 2.15. The number of phenolic OH excluding ortho intramolecular Hbond substituents is 1. The number of para-hydroxylation sites is 1. The second-order valence-electron chi connectivity index (χ2n) is 4.55. The number of rotatable bonds is 3. The molecule has 102 valence electrons. The molecule has 0 bridgehead atoms. The van der Waals surface area contributed by atoms with Crippen molar-refractivity contribution in [2.24, 2.45) is 0 Å². The van der Waals surface area contributed by atoms with Crippen molar-refractivity contribution < 1.29 is 10.2 Å². The molecule has 3 aromatic rings. The SMILES string of the molecule is Cc1cccc2nc3c(O)cc(SCCO)cc3nc12. The standard InChI is InChI=1S/C15H14N2O2S/c1-9-3-2-4-11-14(9)17-12-7-10(20-6-5-18)8-13(19)15(12)16-11/h2-4,7-8,18-19H,5-6H2,1H3. The molecule has 20 heavy (non-hydrogen) atoms. The molecule has 2 N–H and O–H groups in total. The van der Waals surface area contributed by atoms with E-state index in [0.29, 0.717) is 16.8 Å². The van der Waals surface area contributed by atoms with E-state index >= 15 is 0 Å². The first-order valence-electron chi connectivity index (χ1n) is 6.33. The van der Waals surface area contributed by atoms with E-state index in [1.165, 1.54) is 11.8 Å².